The minimum absolute atomic E-state index is 0.00668. The van der Waals surface area contributed by atoms with Crippen LogP contribution in [-0.2, 0) is 4.79 Å². The summed E-state index contributed by atoms with van der Waals surface area (Å²) in [6.07, 6.45) is 1.27. The number of piperazine rings is 1. The normalized spacial score (nSPS) is 17.1. The molecule has 0 bridgehead atoms. The Hall–Kier alpha value is -4.87. The lowest BCUT2D eigenvalue weighted by Gasteiger charge is -2.44. The summed E-state index contributed by atoms with van der Waals surface area (Å²) < 4.78 is 32.3. The van der Waals surface area contributed by atoms with Crippen LogP contribution in [0, 0.1) is 18.6 Å². The maximum absolute atomic E-state index is 15.9. The van der Waals surface area contributed by atoms with Crippen LogP contribution in [0.2, 0.25) is 0 Å². The minimum Gasteiger partial charge on any atom is -0.398 e. The number of anilines is 3. The summed E-state index contributed by atoms with van der Waals surface area (Å²) in [5.41, 5.74) is 12.5. The molecule has 4 heterocycles. The molecular formula is C31H34F2N8O2. The number of hydrogen-bond donors (Lipinski definition) is 2. The number of carbonyl (C=O) groups is 1. The molecule has 0 saturated carbocycles. The van der Waals surface area contributed by atoms with Crippen molar-refractivity contribution in [1.82, 2.24) is 24.4 Å². The molecule has 5 rings (SSSR count). The van der Waals surface area contributed by atoms with Crippen molar-refractivity contribution in [2.75, 3.05) is 29.5 Å². The number of halogens is 2. The number of aryl methyl sites for hydroxylation is 1. The average Bonchev–Trinajstić information content (AvgIpc) is 2.92. The van der Waals surface area contributed by atoms with Gasteiger partial charge in [-0.15, -0.1) is 0 Å². The Morgan fingerprint density at radius 1 is 1.07 bits per heavy atom. The zero-order valence-corrected chi connectivity index (χ0v) is 24.7. The lowest BCUT2D eigenvalue weighted by molar-refractivity contribution is -0.130. The zero-order valence-electron chi connectivity index (χ0n) is 24.7. The molecule has 1 saturated heterocycles. The Morgan fingerprint density at radius 3 is 2.35 bits per heavy atom. The van der Waals surface area contributed by atoms with Crippen molar-refractivity contribution in [1.29, 1.82) is 0 Å². The summed E-state index contributed by atoms with van der Waals surface area (Å²) in [4.78, 5) is 43.6. The number of rotatable bonds is 5. The quantitative estimate of drug-likeness (QED) is 0.260. The molecule has 0 unspecified atom stereocenters. The summed E-state index contributed by atoms with van der Waals surface area (Å²) >= 11 is 0. The number of carbonyl (C=O) groups excluding carboxylic acids is 1. The van der Waals surface area contributed by atoms with Crippen molar-refractivity contribution in [3.63, 3.8) is 0 Å². The van der Waals surface area contributed by atoms with E-state index in [4.69, 9.17) is 11.5 Å². The molecule has 0 spiro atoms. The van der Waals surface area contributed by atoms with Gasteiger partial charge in [-0.2, -0.15) is 4.98 Å². The molecule has 4 aromatic rings. The van der Waals surface area contributed by atoms with Crippen LogP contribution >= 0.6 is 0 Å². The first-order valence-corrected chi connectivity index (χ1v) is 14.0. The molecule has 2 atom stereocenters. The molecule has 43 heavy (non-hydrogen) atoms. The summed E-state index contributed by atoms with van der Waals surface area (Å²) in [5.74, 6) is -1.48. The number of nitrogens with zero attached hydrogens (tertiary/aromatic N) is 6. The second kappa shape index (κ2) is 11.1. The van der Waals surface area contributed by atoms with Crippen molar-refractivity contribution in [2.24, 2.45) is 0 Å². The first kappa shape index (κ1) is 29.6. The van der Waals surface area contributed by atoms with Crippen LogP contribution < -0.4 is 22.1 Å². The summed E-state index contributed by atoms with van der Waals surface area (Å²) in [7, 11) is 0. The van der Waals surface area contributed by atoms with E-state index in [0.717, 1.165) is 0 Å². The number of pyridine rings is 2. The standard InChI is InChI=1S/C31H34F2N8O2/c1-7-24(42)40-17(5)13-39(14-18(40)6)29-19-12-21(33)27(25-20(32)9-8-10-22(25)34)37-30(19)41(31(43)38-29)28-16(4)11-23(35)36-26(28)15(2)3/h7-12,15,17-18H,1,13-14,34H2,2-6H3,(H2,35,36)/t17-,18+. The van der Waals surface area contributed by atoms with E-state index in [0.29, 0.717) is 30.0 Å². The lowest BCUT2D eigenvalue weighted by Crippen LogP contribution is -2.58. The fourth-order valence-corrected chi connectivity index (χ4v) is 5.96. The molecule has 1 aliphatic rings. The third-order valence-corrected chi connectivity index (χ3v) is 7.73. The molecule has 0 aliphatic carbocycles. The number of benzene rings is 1. The molecule has 1 fully saturated rings. The van der Waals surface area contributed by atoms with Gasteiger partial charge in [0, 0.05) is 30.9 Å². The van der Waals surface area contributed by atoms with Crippen LogP contribution in [0.4, 0.5) is 26.1 Å². The Labute approximate surface area is 247 Å². The van der Waals surface area contributed by atoms with Crippen LogP contribution in [0.25, 0.3) is 28.0 Å². The maximum atomic E-state index is 15.9. The first-order chi connectivity index (χ1) is 20.3. The minimum atomic E-state index is -0.838. The molecule has 4 N–H and O–H groups in total. The average molecular weight is 589 g/mol. The van der Waals surface area contributed by atoms with Crippen molar-refractivity contribution in [2.45, 2.75) is 52.6 Å². The van der Waals surface area contributed by atoms with E-state index < -0.39 is 17.3 Å². The number of fused-ring (bicyclic) bond motifs is 1. The number of aromatic nitrogens is 4. The van der Waals surface area contributed by atoms with Gasteiger partial charge in [0.1, 0.15) is 23.1 Å². The van der Waals surface area contributed by atoms with Gasteiger partial charge >= 0.3 is 5.69 Å². The van der Waals surface area contributed by atoms with Crippen LogP contribution in [0.15, 0.2) is 47.8 Å². The van der Waals surface area contributed by atoms with Crippen LogP contribution in [-0.4, -0.2) is 55.5 Å². The Morgan fingerprint density at radius 2 is 1.74 bits per heavy atom. The fourth-order valence-electron chi connectivity index (χ4n) is 5.96. The van der Waals surface area contributed by atoms with Crippen molar-refractivity contribution < 1.29 is 13.6 Å². The molecule has 0 radical (unpaired) electrons. The van der Waals surface area contributed by atoms with E-state index in [-0.39, 0.29) is 63.5 Å². The van der Waals surface area contributed by atoms with Gasteiger partial charge in [0.25, 0.3) is 0 Å². The van der Waals surface area contributed by atoms with Crippen LogP contribution in [0.5, 0.6) is 0 Å². The van der Waals surface area contributed by atoms with Crippen LogP contribution in [0.3, 0.4) is 0 Å². The third-order valence-electron chi connectivity index (χ3n) is 7.73. The van der Waals surface area contributed by atoms with Gasteiger partial charge in [-0.1, -0.05) is 26.5 Å². The summed E-state index contributed by atoms with van der Waals surface area (Å²) in [5, 5.41) is 0.226. The van der Waals surface area contributed by atoms with Crippen molar-refractivity contribution in [3.8, 4) is 16.9 Å². The van der Waals surface area contributed by atoms with E-state index in [2.05, 4.69) is 21.5 Å². The number of amides is 1. The van der Waals surface area contributed by atoms with E-state index in [9.17, 15) is 9.59 Å². The molecule has 1 aromatic carbocycles. The fraction of sp³-hybridized carbons (Fsp3) is 0.323. The van der Waals surface area contributed by atoms with E-state index in [1.54, 1.807) is 17.9 Å². The SMILES string of the molecule is C=CC(=O)N1[C@H](C)CN(c2nc(=O)n(-c3c(C)cc(N)nc3C(C)C)c3nc(-c4c(N)cccc4F)c(F)cc23)C[C@@H]1C. The van der Waals surface area contributed by atoms with Gasteiger partial charge in [-0.25, -0.2) is 28.1 Å². The highest BCUT2D eigenvalue weighted by Gasteiger charge is 2.34. The lowest BCUT2D eigenvalue weighted by atomic mass is 10.0. The molecule has 12 heteroatoms. The smallest absolute Gasteiger partial charge is 0.355 e. The Bertz CT molecular complexity index is 1810. The largest absolute Gasteiger partial charge is 0.398 e. The highest BCUT2D eigenvalue weighted by atomic mass is 19.1. The first-order valence-electron chi connectivity index (χ1n) is 14.0. The maximum Gasteiger partial charge on any atom is 0.355 e. The van der Waals surface area contributed by atoms with Crippen molar-refractivity contribution >= 4 is 34.3 Å². The molecule has 10 nitrogen and oxygen atoms in total. The molecule has 1 amide bonds. The van der Waals surface area contributed by atoms with Gasteiger partial charge in [0.15, 0.2) is 11.5 Å². The second-order valence-corrected chi connectivity index (χ2v) is 11.3. The molecule has 224 valence electrons. The third kappa shape index (κ3) is 5.06. The summed E-state index contributed by atoms with van der Waals surface area (Å²) in [6.45, 7) is 13.6. The summed E-state index contributed by atoms with van der Waals surface area (Å²) in [6, 6.07) is 6.34. The predicted molar refractivity (Wildman–Crippen MR) is 164 cm³/mol. The Balaban J connectivity index is 1.85. The number of hydrogen-bond acceptors (Lipinski definition) is 8. The highest BCUT2D eigenvalue weighted by molar-refractivity contribution is 5.92. The van der Waals surface area contributed by atoms with Crippen molar-refractivity contribution in [3.05, 3.63) is 76.4 Å². The number of nitrogen functional groups attached to an aromatic ring is 2. The van der Waals surface area contributed by atoms with E-state index in [1.165, 1.54) is 34.9 Å². The van der Waals surface area contributed by atoms with Gasteiger partial charge in [-0.05, 0) is 62.6 Å². The van der Waals surface area contributed by atoms with Gasteiger partial charge in [0.05, 0.1) is 22.3 Å². The molecule has 1 aliphatic heterocycles. The number of nitrogens with two attached hydrogens (primary N) is 2. The topological polar surface area (TPSA) is 136 Å². The van der Waals surface area contributed by atoms with Crippen LogP contribution in [0.1, 0.15) is 44.9 Å². The monoisotopic (exact) mass is 588 g/mol. The van der Waals surface area contributed by atoms with E-state index >= 15 is 8.78 Å². The predicted octanol–water partition coefficient (Wildman–Crippen LogP) is 4.33. The highest BCUT2D eigenvalue weighted by Crippen LogP contribution is 2.36. The second-order valence-electron chi connectivity index (χ2n) is 11.3. The zero-order chi connectivity index (χ0) is 31.3. The van der Waals surface area contributed by atoms with Gasteiger partial charge in [-0.3, -0.25) is 4.79 Å². The molecule has 3 aromatic heterocycles. The van der Waals surface area contributed by atoms with Gasteiger partial charge in [0.2, 0.25) is 5.91 Å². The Kier molecular flexibility index (Phi) is 7.63. The van der Waals surface area contributed by atoms with E-state index in [1.807, 2.05) is 32.6 Å². The molecular weight excluding hydrogens is 554 g/mol. The van der Waals surface area contributed by atoms with Gasteiger partial charge < -0.3 is 21.3 Å².